The van der Waals surface area contributed by atoms with E-state index in [0.717, 1.165) is 11.1 Å². The number of hydrogen-bond donors (Lipinski definition) is 4. The topological polar surface area (TPSA) is 139 Å². The molecule has 2 rings (SSSR count). The van der Waals surface area contributed by atoms with Crippen LogP contribution in [0, 0.1) is 0 Å². The van der Waals surface area contributed by atoms with E-state index in [1.165, 1.54) is 12.1 Å². The fourth-order valence-electron chi connectivity index (χ4n) is 2.14. The average molecular weight is 442 g/mol. The van der Waals surface area contributed by atoms with E-state index >= 15 is 0 Å². The number of benzene rings is 2. The first-order valence-corrected chi connectivity index (χ1v) is 8.81. The number of carboxylic acid groups (broad SMARTS) is 1. The van der Waals surface area contributed by atoms with Crippen LogP contribution in [0.25, 0.3) is 0 Å². The Labute approximate surface area is 175 Å². The number of ether oxygens (including phenoxy) is 1. The highest BCUT2D eigenvalue weighted by molar-refractivity contribution is 5.85. The molecule has 31 heavy (non-hydrogen) atoms. The number of alkyl halides is 3. The molecule has 0 heterocycles. The Morgan fingerprint density at radius 1 is 1.00 bits per heavy atom. The number of nitrogens with two attached hydrogens (primary N) is 1. The molecule has 0 fully saturated rings. The van der Waals surface area contributed by atoms with Gasteiger partial charge in [0.25, 0.3) is 0 Å². The van der Waals surface area contributed by atoms with Crippen LogP contribution >= 0.6 is 0 Å². The number of carbonyl (C=O) groups is 3. The maximum absolute atomic E-state index is 12.3. The molecule has 0 saturated carbocycles. The molecule has 168 valence electrons. The number of phenolic OH excluding ortho intramolecular Hbond substituents is 1. The van der Waals surface area contributed by atoms with Gasteiger partial charge in [-0.05, 0) is 23.3 Å². The molecule has 5 N–H and O–H groups in total. The Balaban J connectivity index is 0.000000592. The third-order valence-corrected chi connectivity index (χ3v) is 3.65. The highest BCUT2D eigenvalue weighted by atomic mass is 19.4. The van der Waals surface area contributed by atoms with Crippen LogP contribution in [0.4, 0.5) is 13.2 Å². The van der Waals surface area contributed by atoms with Crippen molar-refractivity contribution >= 4 is 17.8 Å². The molecule has 2 aromatic rings. The van der Waals surface area contributed by atoms with Crippen molar-refractivity contribution in [1.29, 1.82) is 0 Å². The summed E-state index contributed by atoms with van der Waals surface area (Å²) in [6.07, 6.45) is -4.83. The van der Waals surface area contributed by atoms with E-state index in [-0.39, 0.29) is 25.3 Å². The molecule has 0 unspecified atom stereocenters. The third kappa shape index (κ3) is 10.1. The first-order chi connectivity index (χ1) is 14.5. The van der Waals surface area contributed by atoms with Crippen molar-refractivity contribution in [2.75, 3.05) is 6.54 Å². The van der Waals surface area contributed by atoms with E-state index in [1.807, 2.05) is 30.3 Å². The van der Waals surface area contributed by atoms with Crippen LogP contribution in [0.3, 0.4) is 0 Å². The number of phenols is 1. The summed E-state index contributed by atoms with van der Waals surface area (Å²) >= 11 is 0. The molecule has 0 aliphatic rings. The number of hydrogen-bond acceptors (Lipinski definition) is 6. The van der Waals surface area contributed by atoms with Crippen molar-refractivity contribution in [3.05, 3.63) is 65.7 Å². The number of esters is 1. The van der Waals surface area contributed by atoms with E-state index in [1.54, 1.807) is 12.1 Å². The number of halogens is 3. The normalized spacial score (nSPS) is 11.5. The van der Waals surface area contributed by atoms with Gasteiger partial charge < -0.3 is 26.0 Å². The first-order valence-electron chi connectivity index (χ1n) is 8.81. The SMILES string of the molecule is NCC(=O)N[C@@H](Cc1ccc(O)cc1)C(=O)OCc1ccccc1.O=C(O)C(F)(F)F. The fraction of sp³-hybridized carbons (Fsp3) is 0.250. The molecule has 1 amide bonds. The summed E-state index contributed by atoms with van der Waals surface area (Å²) in [5.74, 6) is -3.59. The van der Waals surface area contributed by atoms with Crippen LogP contribution < -0.4 is 11.1 Å². The number of amides is 1. The largest absolute Gasteiger partial charge is 0.508 e. The number of nitrogens with one attached hydrogen (secondary N) is 1. The van der Waals surface area contributed by atoms with Crippen molar-refractivity contribution in [1.82, 2.24) is 5.32 Å². The van der Waals surface area contributed by atoms with Crippen molar-refractivity contribution in [3.8, 4) is 5.75 Å². The fourth-order valence-corrected chi connectivity index (χ4v) is 2.14. The lowest BCUT2D eigenvalue weighted by Gasteiger charge is -2.17. The van der Waals surface area contributed by atoms with Crippen LogP contribution in [0.2, 0.25) is 0 Å². The predicted octanol–water partition coefficient (Wildman–Crippen LogP) is 1.75. The minimum atomic E-state index is -5.08. The standard InChI is InChI=1S/C18H20N2O4.C2HF3O2/c19-11-17(22)20-16(10-13-6-8-15(21)9-7-13)18(23)24-12-14-4-2-1-3-5-14;3-2(4,5)1(6)7/h1-9,16,21H,10-12,19H2,(H,20,22);(H,6,7)/t16-;/m0./s1. The molecule has 2 aromatic carbocycles. The molecule has 1 atom stereocenters. The Bertz CT molecular complexity index is 857. The van der Waals surface area contributed by atoms with Gasteiger partial charge in [0.15, 0.2) is 0 Å². The summed E-state index contributed by atoms with van der Waals surface area (Å²) < 4.78 is 37.0. The second-order valence-electron chi connectivity index (χ2n) is 6.09. The van der Waals surface area contributed by atoms with E-state index in [2.05, 4.69) is 5.32 Å². The third-order valence-electron chi connectivity index (χ3n) is 3.65. The van der Waals surface area contributed by atoms with Gasteiger partial charge in [0.1, 0.15) is 18.4 Å². The molecule has 0 saturated heterocycles. The Kier molecular flexibility index (Phi) is 9.99. The molecular formula is C20H21F3N2O6. The zero-order valence-corrected chi connectivity index (χ0v) is 16.1. The summed E-state index contributed by atoms with van der Waals surface area (Å²) in [6, 6.07) is 14.8. The monoisotopic (exact) mass is 442 g/mol. The lowest BCUT2D eigenvalue weighted by molar-refractivity contribution is -0.192. The maximum atomic E-state index is 12.3. The van der Waals surface area contributed by atoms with Crippen LogP contribution in [-0.4, -0.2) is 46.8 Å². The Hall–Kier alpha value is -3.60. The quantitative estimate of drug-likeness (QED) is 0.479. The van der Waals surface area contributed by atoms with Crippen molar-refractivity contribution in [2.45, 2.75) is 25.2 Å². The minimum absolute atomic E-state index is 0.129. The maximum Gasteiger partial charge on any atom is 0.490 e. The van der Waals surface area contributed by atoms with Crippen LogP contribution in [0.1, 0.15) is 11.1 Å². The summed E-state index contributed by atoms with van der Waals surface area (Å²) in [5.41, 5.74) is 6.95. The number of aromatic hydroxyl groups is 1. The lowest BCUT2D eigenvalue weighted by Crippen LogP contribution is -2.45. The Morgan fingerprint density at radius 3 is 2.03 bits per heavy atom. The van der Waals surface area contributed by atoms with Crippen LogP contribution in [-0.2, 0) is 32.1 Å². The van der Waals surface area contributed by atoms with Crippen molar-refractivity contribution in [2.24, 2.45) is 5.73 Å². The summed E-state index contributed by atoms with van der Waals surface area (Å²) in [6.45, 7) is -0.0811. The van der Waals surface area contributed by atoms with Crippen molar-refractivity contribution < 1.29 is 42.5 Å². The number of aliphatic carboxylic acids is 1. The molecule has 11 heteroatoms. The summed E-state index contributed by atoms with van der Waals surface area (Å²) in [7, 11) is 0. The number of rotatable bonds is 7. The van der Waals surface area contributed by atoms with Gasteiger partial charge in [-0.2, -0.15) is 13.2 Å². The van der Waals surface area contributed by atoms with Gasteiger partial charge in [0.05, 0.1) is 6.54 Å². The van der Waals surface area contributed by atoms with Crippen molar-refractivity contribution in [3.63, 3.8) is 0 Å². The molecule has 0 aliphatic carbocycles. The molecule has 0 radical (unpaired) electrons. The van der Waals surface area contributed by atoms with Gasteiger partial charge in [-0.3, -0.25) is 4.79 Å². The smallest absolute Gasteiger partial charge is 0.490 e. The van der Waals surface area contributed by atoms with Gasteiger partial charge in [-0.1, -0.05) is 42.5 Å². The van der Waals surface area contributed by atoms with E-state index < -0.39 is 30.1 Å². The van der Waals surface area contributed by atoms with Gasteiger partial charge in [0, 0.05) is 6.42 Å². The minimum Gasteiger partial charge on any atom is -0.508 e. The van der Waals surface area contributed by atoms with E-state index in [4.69, 9.17) is 20.4 Å². The average Bonchev–Trinajstić information content (AvgIpc) is 2.73. The van der Waals surface area contributed by atoms with Crippen LogP contribution in [0.5, 0.6) is 5.75 Å². The first kappa shape index (κ1) is 25.4. The molecule has 0 spiro atoms. The second-order valence-corrected chi connectivity index (χ2v) is 6.09. The molecule has 0 aliphatic heterocycles. The molecule has 0 bridgehead atoms. The second kappa shape index (κ2) is 12.2. The summed E-state index contributed by atoms with van der Waals surface area (Å²) in [5, 5.41) is 19.0. The highest BCUT2D eigenvalue weighted by Gasteiger charge is 2.38. The number of carboxylic acids is 1. The zero-order chi connectivity index (χ0) is 23.4. The van der Waals surface area contributed by atoms with Crippen LogP contribution in [0.15, 0.2) is 54.6 Å². The van der Waals surface area contributed by atoms with Gasteiger partial charge in [0.2, 0.25) is 5.91 Å². The van der Waals surface area contributed by atoms with Gasteiger partial charge >= 0.3 is 18.1 Å². The zero-order valence-electron chi connectivity index (χ0n) is 16.1. The highest BCUT2D eigenvalue weighted by Crippen LogP contribution is 2.13. The molecule has 8 nitrogen and oxygen atoms in total. The molecule has 0 aromatic heterocycles. The van der Waals surface area contributed by atoms with Gasteiger partial charge in [-0.15, -0.1) is 0 Å². The van der Waals surface area contributed by atoms with Gasteiger partial charge in [-0.25, -0.2) is 9.59 Å². The van der Waals surface area contributed by atoms with E-state index in [0.29, 0.717) is 0 Å². The van der Waals surface area contributed by atoms with E-state index in [9.17, 15) is 27.9 Å². The molecular weight excluding hydrogens is 421 g/mol. The Morgan fingerprint density at radius 2 is 1.55 bits per heavy atom. The predicted molar refractivity (Wildman–Crippen MR) is 103 cm³/mol. The number of carbonyl (C=O) groups excluding carboxylic acids is 2. The summed E-state index contributed by atoms with van der Waals surface area (Å²) in [4.78, 5) is 32.8. The lowest BCUT2D eigenvalue weighted by atomic mass is 10.1.